The second-order valence-corrected chi connectivity index (χ2v) is 9.09. The van der Waals surface area contributed by atoms with Gasteiger partial charge in [0.15, 0.2) is 5.75 Å². The first-order chi connectivity index (χ1) is 18.0. The number of imidazole rings is 1. The summed E-state index contributed by atoms with van der Waals surface area (Å²) in [6.07, 6.45) is 4.24. The van der Waals surface area contributed by atoms with Gasteiger partial charge in [-0.15, -0.1) is 0 Å². The predicted octanol–water partition coefficient (Wildman–Crippen LogP) is 6.45. The Bertz CT molecular complexity index is 1550. The van der Waals surface area contributed by atoms with Gasteiger partial charge < -0.3 is 14.7 Å². The number of halogens is 1. The summed E-state index contributed by atoms with van der Waals surface area (Å²) in [5.41, 5.74) is 5.07. The zero-order chi connectivity index (χ0) is 25.9. The molecule has 188 valence electrons. The van der Waals surface area contributed by atoms with Crippen LogP contribution in [0.5, 0.6) is 11.5 Å². The summed E-state index contributed by atoms with van der Waals surface area (Å²) >= 11 is 0. The molecule has 1 N–H and O–H groups in total. The Hall–Kier alpha value is -4.23. The van der Waals surface area contributed by atoms with Gasteiger partial charge in [-0.3, -0.25) is 4.57 Å². The highest BCUT2D eigenvalue weighted by Crippen LogP contribution is 2.37. The van der Waals surface area contributed by atoms with Crippen LogP contribution in [0.3, 0.4) is 0 Å². The van der Waals surface area contributed by atoms with Crippen molar-refractivity contribution in [1.82, 2.24) is 19.4 Å². The molecule has 0 amide bonds. The highest BCUT2D eigenvalue weighted by atomic mass is 19.1. The standard InChI is InChI=1S/C30H29FN4O2/c1-4-15-34(2)18-21-7-5-6-8-24(21)20-9-14-25(26(31)16-20)28-30(36)29-27(17-32-28)33-19-35(29)22-10-12-23(37-3)13-11-22/h5-14,16-17,19,36H,4,15,18H2,1-3H3. The minimum Gasteiger partial charge on any atom is -0.504 e. The van der Waals surface area contributed by atoms with E-state index in [1.807, 2.05) is 48.5 Å². The fourth-order valence-electron chi connectivity index (χ4n) is 4.69. The molecule has 7 heteroatoms. The zero-order valence-corrected chi connectivity index (χ0v) is 21.1. The maximum absolute atomic E-state index is 15.6. The first kappa shape index (κ1) is 24.5. The molecule has 0 aliphatic rings. The Labute approximate surface area is 215 Å². The van der Waals surface area contributed by atoms with Gasteiger partial charge >= 0.3 is 0 Å². The van der Waals surface area contributed by atoms with Crippen molar-refractivity contribution in [2.24, 2.45) is 0 Å². The number of aromatic nitrogens is 3. The minimum absolute atomic E-state index is 0.126. The van der Waals surface area contributed by atoms with Gasteiger partial charge in [-0.1, -0.05) is 37.3 Å². The molecule has 2 aromatic heterocycles. The van der Waals surface area contributed by atoms with Gasteiger partial charge in [0.1, 0.15) is 34.6 Å². The maximum atomic E-state index is 15.6. The van der Waals surface area contributed by atoms with Crippen LogP contribution < -0.4 is 4.74 Å². The Morgan fingerprint density at radius 2 is 1.78 bits per heavy atom. The van der Waals surface area contributed by atoms with E-state index in [1.165, 1.54) is 6.07 Å². The Morgan fingerprint density at radius 3 is 2.51 bits per heavy atom. The van der Waals surface area contributed by atoms with Crippen molar-refractivity contribution in [1.29, 1.82) is 0 Å². The van der Waals surface area contributed by atoms with E-state index >= 15 is 4.39 Å². The molecule has 0 bridgehead atoms. The van der Waals surface area contributed by atoms with Crippen molar-refractivity contribution in [3.63, 3.8) is 0 Å². The summed E-state index contributed by atoms with van der Waals surface area (Å²) in [6, 6.07) is 20.5. The number of ether oxygens (including phenoxy) is 1. The number of benzene rings is 3. The van der Waals surface area contributed by atoms with Crippen molar-refractivity contribution in [2.75, 3.05) is 20.7 Å². The van der Waals surface area contributed by atoms with E-state index in [4.69, 9.17) is 4.74 Å². The third-order valence-electron chi connectivity index (χ3n) is 6.51. The Balaban J connectivity index is 1.54. The van der Waals surface area contributed by atoms with Crippen LogP contribution in [0.15, 0.2) is 79.3 Å². The van der Waals surface area contributed by atoms with Gasteiger partial charge in [-0.05, 0) is 73.1 Å². The van der Waals surface area contributed by atoms with Crippen LogP contribution in [0.2, 0.25) is 0 Å². The van der Waals surface area contributed by atoms with Crippen molar-refractivity contribution in [2.45, 2.75) is 19.9 Å². The average Bonchev–Trinajstić information content (AvgIpc) is 3.35. The first-order valence-corrected chi connectivity index (χ1v) is 12.3. The highest BCUT2D eigenvalue weighted by molar-refractivity contribution is 5.89. The fourth-order valence-corrected chi connectivity index (χ4v) is 4.69. The lowest BCUT2D eigenvalue weighted by molar-refractivity contribution is 0.328. The van der Waals surface area contributed by atoms with Crippen LogP contribution >= 0.6 is 0 Å². The Morgan fingerprint density at radius 1 is 1.00 bits per heavy atom. The molecule has 0 saturated carbocycles. The summed E-state index contributed by atoms with van der Waals surface area (Å²) in [5.74, 6) is 0.145. The van der Waals surface area contributed by atoms with E-state index in [0.29, 0.717) is 11.0 Å². The highest BCUT2D eigenvalue weighted by Gasteiger charge is 2.19. The number of nitrogens with zero attached hydrogens (tertiary/aromatic N) is 4. The van der Waals surface area contributed by atoms with E-state index in [-0.39, 0.29) is 17.0 Å². The third-order valence-corrected chi connectivity index (χ3v) is 6.51. The van der Waals surface area contributed by atoms with E-state index in [0.717, 1.165) is 47.6 Å². The molecule has 0 fully saturated rings. The van der Waals surface area contributed by atoms with Crippen LogP contribution in [0.25, 0.3) is 39.1 Å². The molecule has 5 rings (SSSR count). The largest absolute Gasteiger partial charge is 0.504 e. The van der Waals surface area contributed by atoms with Crippen LogP contribution in [0.4, 0.5) is 4.39 Å². The third kappa shape index (κ3) is 4.78. The van der Waals surface area contributed by atoms with Gasteiger partial charge in [-0.25, -0.2) is 14.4 Å². The second-order valence-electron chi connectivity index (χ2n) is 9.09. The van der Waals surface area contributed by atoms with E-state index in [2.05, 4.69) is 34.9 Å². The zero-order valence-electron chi connectivity index (χ0n) is 21.1. The summed E-state index contributed by atoms with van der Waals surface area (Å²) < 4.78 is 22.5. The van der Waals surface area contributed by atoms with Crippen LogP contribution in [0.1, 0.15) is 18.9 Å². The minimum atomic E-state index is -0.452. The molecule has 0 aliphatic carbocycles. The smallest absolute Gasteiger partial charge is 0.168 e. The van der Waals surface area contributed by atoms with Crippen LogP contribution in [0, 0.1) is 5.82 Å². The van der Waals surface area contributed by atoms with Gasteiger partial charge in [-0.2, -0.15) is 0 Å². The molecule has 3 aromatic carbocycles. The number of pyridine rings is 1. The summed E-state index contributed by atoms with van der Waals surface area (Å²) in [4.78, 5) is 11.0. The molecule has 6 nitrogen and oxygen atoms in total. The molecule has 37 heavy (non-hydrogen) atoms. The van der Waals surface area contributed by atoms with Gasteiger partial charge in [0.05, 0.1) is 13.3 Å². The summed E-state index contributed by atoms with van der Waals surface area (Å²) in [6.45, 7) is 3.92. The van der Waals surface area contributed by atoms with Crippen LogP contribution in [-0.4, -0.2) is 45.2 Å². The average molecular weight is 497 g/mol. The molecule has 0 spiro atoms. The number of methoxy groups -OCH3 is 1. The van der Waals surface area contributed by atoms with Crippen molar-refractivity contribution in [3.05, 3.63) is 90.6 Å². The summed E-state index contributed by atoms with van der Waals surface area (Å²) in [7, 11) is 3.69. The lowest BCUT2D eigenvalue weighted by atomic mass is 9.97. The molecule has 0 radical (unpaired) electrons. The second kappa shape index (κ2) is 10.4. The molecular weight excluding hydrogens is 467 g/mol. The number of hydrogen-bond donors (Lipinski definition) is 1. The molecule has 0 atom stereocenters. The molecular formula is C30H29FN4O2. The van der Waals surface area contributed by atoms with E-state index in [1.54, 1.807) is 30.3 Å². The fraction of sp³-hybridized carbons (Fsp3) is 0.200. The summed E-state index contributed by atoms with van der Waals surface area (Å²) in [5, 5.41) is 11.2. The maximum Gasteiger partial charge on any atom is 0.168 e. The molecule has 5 aromatic rings. The molecule has 0 unspecified atom stereocenters. The van der Waals surface area contributed by atoms with Crippen LogP contribution in [-0.2, 0) is 6.54 Å². The SMILES string of the molecule is CCCN(C)Cc1ccccc1-c1ccc(-c2ncc3ncn(-c4ccc(OC)cc4)c3c2O)c(F)c1. The number of fused-ring (bicyclic) bond motifs is 1. The number of hydrogen-bond acceptors (Lipinski definition) is 5. The quantitative estimate of drug-likeness (QED) is 0.267. The normalized spacial score (nSPS) is 11.4. The lowest BCUT2D eigenvalue weighted by Gasteiger charge is -2.18. The van der Waals surface area contributed by atoms with Crippen molar-refractivity contribution in [3.8, 4) is 39.6 Å². The van der Waals surface area contributed by atoms with Crippen molar-refractivity contribution < 1.29 is 14.2 Å². The van der Waals surface area contributed by atoms with Crippen molar-refractivity contribution >= 4 is 11.0 Å². The van der Waals surface area contributed by atoms with E-state index < -0.39 is 5.82 Å². The molecule has 0 aliphatic heterocycles. The Kier molecular flexibility index (Phi) is 6.88. The molecule has 2 heterocycles. The predicted molar refractivity (Wildman–Crippen MR) is 145 cm³/mol. The van der Waals surface area contributed by atoms with Gasteiger partial charge in [0.2, 0.25) is 0 Å². The molecule has 0 saturated heterocycles. The monoisotopic (exact) mass is 496 g/mol. The topological polar surface area (TPSA) is 63.4 Å². The van der Waals surface area contributed by atoms with Gasteiger partial charge in [0, 0.05) is 17.8 Å². The lowest BCUT2D eigenvalue weighted by Crippen LogP contribution is -2.18. The first-order valence-electron chi connectivity index (χ1n) is 12.3. The van der Waals surface area contributed by atoms with Gasteiger partial charge in [0.25, 0.3) is 0 Å². The van der Waals surface area contributed by atoms with E-state index in [9.17, 15) is 5.11 Å². The number of aromatic hydroxyl groups is 1. The number of rotatable bonds is 8.